The summed E-state index contributed by atoms with van der Waals surface area (Å²) >= 11 is 11.8. The Kier molecular flexibility index (Phi) is 6.38. The highest BCUT2D eigenvalue weighted by Gasteiger charge is 2.15. The molecular weight excluding hydrogens is 365 g/mol. The lowest BCUT2D eigenvalue weighted by Crippen LogP contribution is -2.39. The number of anilines is 2. The van der Waals surface area contributed by atoms with E-state index in [1.165, 1.54) is 12.1 Å². The zero-order valence-corrected chi connectivity index (χ0v) is 14.7. The predicted octanol–water partition coefficient (Wildman–Crippen LogP) is 3.00. The number of aryl methyl sites for hydroxylation is 1. The molecule has 0 atom stereocenters. The zero-order chi connectivity index (χ0) is 18.4. The number of amides is 3. The van der Waals surface area contributed by atoms with Crippen molar-refractivity contribution in [2.45, 2.75) is 6.92 Å². The lowest BCUT2D eigenvalue weighted by molar-refractivity contribution is -0.136. The van der Waals surface area contributed by atoms with Crippen LogP contribution in [-0.2, 0) is 14.4 Å². The molecule has 0 spiro atoms. The lowest BCUT2D eigenvalue weighted by atomic mass is 10.2. The monoisotopic (exact) mass is 379 g/mol. The molecule has 0 bridgehead atoms. The number of nitrogens with one attached hydrogen (secondary N) is 3. The van der Waals surface area contributed by atoms with Crippen molar-refractivity contribution >= 4 is 52.3 Å². The highest BCUT2D eigenvalue weighted by molar-refractivity contribution is 6.40. The van der Waals surface area contributed by atoms with E-state index in [4.69, 9.17) is 23.2 Å². The van der Waals surface area contributed by atoms with Crippen molar-refractivity contribution in [2.24, 2.45) is 0 Å². The Morgan fingerprint density at radius 2 is 1.72 bits per heavy atom. The van der Waals surface area contributed by atoms with Gasteiger partial charge in [0.05, 0.1) is 17.3 Å². The molecule has 2 aromatic carbocycles. The number of hydrogen-bond acceptors (Lipinski definition) is 3. The van der Waals surface area contributed by atoms with Crippen LogP contribution in [0.1, 0.15) is 5.56 Å². The second-order valence-corrected chi connectivity index (χ2v) is 6.02. The fourth-order valence-electron chi connectivity index (χ4n) is 1.94. The molecule has 6 nitrogen and oxygen atoms in total. The summed E-state index contributed by atoms with van der Waals surface area (Å²) in [6.45, 7) is 1.48. The Morgan fingerprint density at radius 3 is 2.44 bits per heavy atom. The Labute approximate surface area is 154 Å². The molecule has 25 heavy (non-hydrogen) atoms. The number of halogens is 2. The molecule has 0 aliphatic heterocycles. The van der Waals surface area contributed by atoms with Gasteiger partial charge in [-0.3, -0.25) is 14.4 Å². The second-order valence-electron chi connectivity index (χ2n) is 5.18. The molecule has 0 aliphatic rings. The van der Waals surface area contributed by atoms with Gasteiger partial charge in [0.1, 0.15) is 0 Å². The van der Waals surface area contributed by atoms with Crippen LogP contribution in [-0.4, -0.2) is 24.3 Å². The van der Waals surface area contributed by atoms with E-state index in [1.807, 2.05) is 13.0 Å². The Balaban J connectivity index is 1.85. The smallest absolute Gasteiger partial charge is 0.313 e. The second kappa shape index (κ2) is 8.50. The normalized spacial score (nSPS) is 10.0. The predicted molar refractivity (Wildman–Crippen MR) is 97.9 cm³/mol. The van der Waals surface area contributed by atoms with Gasteiger partial charge in [0, 0.05) is 10.7 Å². The minimum absolute atomic E-state index is 0.307. The Hall–Kier alpha value is -2.57. The maximum Gasteiger partial charge on any atom is 0.313 e. The number of carbonyl (C=O) groups excluding carboxylic acids is 3. The van der Waals surface area contributed by atoms with Crippen LogP contribution in [0, 0.1) is 6.92 Å². The third kappa shape index (κ3) is 5.77. The summed E-state index contributed by atoms with van der Waals surface area (Å²) in [6.07, 6.45) is 0. The van der Waals surface area contributed by atoms with Gasteiger partial charge in [0.15, 0.2) is 0 Å². The van der Waals surface area contributed by atoms with Gasteiger partial charge >= 0.3 is 11.8 Å². The molecule has 2 rings (SSSR count). The molecular formula is C17H15Cl2N3O3. The average molecular weight is 380 g/mol. The molecule has 3 N–H and O–H groups in total. The zero-order valence-electron chi connectivity index (χ0n) is 13.2. The molecule has 2 aromatic rings. The van der Waals surface area contributed by atoms with Gasteiger partial charge in [-0.25, -0.2) is 0 Å². The minimum atomic E-state index is -0.922. The van der Waals surface area contributed by atoms with Crippen LogP contribution >= 0.6 is 23.2 Å². The first kappa shape index (κ1) is 18.8. The van der Waals surface area contributed by atoms with Crippen LogP contribution in [0.15, 0.2) is 42.5 Å². The third-order valence-electron chi connectivity index (χ3n) is 3.09. The van der Waals surface area contributed by atoms with Gasteiger partial charge in [-0.2, -0.15) is 0 Å². The molecule has 0 aromatic heterocycles. The number of benzene rings is 2. The van der Waals surface area contributed by atoms with E-state index in [0.717, 1.165) is 5.56 Å². The first-order chi connectivity index (χ1) is 11.8. The lowest BCUT2D eigenvalue weighted by Gasteiger charge is -2.09. The van der Waals surface area contributed by atoms with E-state index in [2.05, 4.69) is 16.0 Å². The fraction of sp³-hybridized carbons (Fsp3) is 0.118. The van der Waals surface area contributed by atoms with Crippen LogP contribution in [0.5, 0.6) is 0 Å². The maximum absolute atomic E-state index is 11.8. The van der Waals surface area contributed by atoms with E-state index in [-0.39, 0.29) is 6.54 Å². The van der Waals surface area contributed by atoms with Crippen molar-refractivity contribution < 1.29 is 14.4 Å². The molecule has 0 radical (unpaired) electrons. The summed E-state index contributed by atoms with van der Waals surface area (Å²) in [5, 5.41) is 7.90. The standard InChI is InChI=1S/C17H15Cl2N3O3/c1-10-3-2-4-12(7-10)21-17(25)16(24)20-9-15(23)22-14-8-11(18)5-6-13(14)19/h2-8H,9H2,1H3,(H,20,24)(H,21,25)(H,22,23). The first-order valence-corrected chi connectivity index (χ1v) is 8.01. The molecule has 0 unspecified atom stereocenters. The molecule has 0 heterocycles. The Bertz CT molecular complexity index is 825. The molecule has 0 saturated heterocycles. The molecule has 3 amide bonds. The van der Waals surface area contributed by atoms with Crippen molar-refractivity contribution in [3.63, 3.8) is 0 Å². The van der Waals surface area contributed by atoms with Gasteiger partial charge in [-0.05, 0) is 42.8 Å². The number of hydrogen-bond donors (Lipinski definition) is 3. The van der Waals surface area contributed by atoms with Crippen molar-refractivity contribution in [1.82, 2.24) is 5.32 Å². The van der Waals surface area contributed by atoms with E-state index in [1.54, 1.807) is 24.3 Å². The van der Waals surface area contributed by atoms with E-state index in [0.29, 0.717) is 21.4 Å². The minimum Gasteiger partial charge on any atom is -0.339 e. The topological polar surface area (TPSA) is 87.3 Å². The van der Waals surface area contributed by atoms with E-state index >= 15 is 0 Å². The molecule has 0 aliphatic carbocycles. The van der Waals surface area contributed by atoms with Crippen LogP contribution in [0.25, 0.3) is 0 Å². The third-order valence-corrected chi connectivity index (χ3v) is 3.66. The van der Waals surface area contributed by atoms with Gasteiger partial charge in [-0.15, -0.1) is 0 Å². The number of rotatable bonds is 4. The molecule has 8 heteroatoms. The van der Waals surface area contributed by atoms with Crippen molar-refractivity contribution in [3.8, 4) is 0 Å². The van der Waals surface area contributed by atoms with E-state index in [9.17, 15) is 14.4 Å². The van der Waals surface area contributed by atoms with Gasteiger partial charge in [-0.1, -0.05) is 35.3 Å². The van der Waals surface area contributed by atoms with Crippen LogP contribution in [0.3, 0.4) is 0 Å². The molecule has 130 valence electrons. The van der Waals surface area contributed by atoms with Crippen molar-refractivity contribution in [3.05, 3.63) is 58.1 Å². The SMILES string of the molecule is Cc1cccc(NC(=O)C(=O)NCC(=O)Nc2cc(Cl)ccc2Cl)c1. The largest absolute Gasteiger partial charge is 0.339 e. The van der Waals surface area contributed by atoms with Crippen molar-refractivity contribution in [2.75, 3.05) is 17.2 Å². The van der Waals surface area contributed by atoms with Crippen molar-refractivity contribution in [1.29, 1.82) is 0 Å². The highest BCUT2D eigenvalue weighted by atomic mass is 35.5. The number of carbonyl (C=O) groups is 3. The maximum atomic E-state index is 11.8. The first-order valence-electron chi connectivity index (χ1n) is 7.26. The van der Waals surface area contributed by atoms with E-state index < -0.39 is 17.7 Å². The van der Waals surface area contributed by atoms with Crippen LogP contribution in [0.2, 0.25) is 10.0 Å². The van der Waals surface area contributed by atoms with Crippen LogP contribution in [0.4, 0.5) is 11.4 Å². The summed E-state index contributed by atoms with van der Waals surface area (Å²) in [4.78, 5) is 35.4. The van der Waals surface area contributed by atoms with Crippen LogP contribution < -0.4 is 16.0 Å². The summed E-state index contributed by atoms with van der Waals surface area (Å²) in [5.74, 6) is -2.33. The van der Waals surface area contributed by atoms with Gasteiger partial charge < -0.3 is 16.0 Å². The highest BCUT2D eigenvalue weighted by Crippen LogP contribution is 2.25. The van der Waals surface area contributed by atoms with Gasteiger partial charge in [0.25, 0.3) is 0 Å². The molecule has 0 saturated carbocycles. The summed E-state index contributed by atoms with van der Waals surface area (Å²) in [6, 6.07) is 11.6. The van der Waals surface area contributed by atoms with Gasteiger partial charge in [0.2, 0.25) is 5.91 Å². The quantitative estimate of drug-likeness (QED) is 0.713. The Morgan fingerprint density at radius 1 is 0.960 bits per heavy atom. The summed E-state index contributed by atoms with van der Waals surface area (Å²) in [5.41, 5.74) is 1.75. The fourth-order valence-corrected chi connectivity index (χ4v) is 2.28. The summed E-state index contributed by atoms with van der Waals surface area (Å²) in [7, 11) is 0. The average Bonchev–Trinajstić information content (AvgIpc) is 2.56. The summed E-state index contributed by atoms with van der Waals surface area (Å²) < 4.78 is 0. The molecule has 0 fully saturated rings.